The molecule has 2 saturated heterocycles. The summed E-state index contributed by atoms with van der Waals surface area (Å²) in [5.74, 6) is 1.35. The number of guanidine groups is 1. The van der Waals surface area contributed by atoms with Crippen LogP contribution in [0.4, 0.5) is 5.69 Å². The van der Waals surface area contributed by atoms with Gasteiger partial charge in [-0.05, 0) is 43.9 Å². The molecule has 168 valence electrons. The van der Waals surface area contributed by atoms with Gasteiger partial charge in [0, 0.05) is 50.9 Å². The Bertz CT molecular complexity index is 827. The van der Waals surface area contributed by atoms with Gasteiger partial charge in [-0.2, -0.15) is 0 Å². The minimum absolute atomic E-state index is 0. The molecule has 2 heterocycles. The number of nitrogens with zero attached hydrogens (tertiary/aromatic N) is 2. The number of halogens is 1. The van der Waals surface area contributed by atoms with Gasteiger partial charge in [0.15, 0.2) is 5.96 Å². The zero-order valence-electron chi connectivity index (χ0n) is 18.6. The minimum atomic E-state index is 0. The highest BCUT2D eigenvalue weighted by atomic mass is 127. The van der Waals surface area contributed by atoms with E-state index in [1.54, 1.807) is 0 Å². The number of hydrogen-bond donors (Lipinski definition) is 2. The first kappa shape index (κ1) is 23.9. The van der Waals surface area contributed by atoms with E-state index in [1.807, 2.05) is 7.05 Å². The number of ether oxygens (including phenoxy) is 1. The van der Waals surface area contributed by atoms with E-state index in [1.165, 1.54) is 29.7 Å². The van der Waals surface area contributed by atoms with E-state index >= 15 is 0 Å². The Hall–Kier alpha value is -1.80. The fourth-order valence-corrected chi connectivity index (χ4v) is 4.55. The lowest BCUT2D eigenvalue weighted by atomic mass is 9.95. The van der Waals surface area contributed by atoms with Crippen LogP contribution in [-0.2, 0) is 4.74 Å². The second-order valence-electron chi connectivity index (χ2n) is 8.47. The van der Waals surface area contributed by atoms with Crippen LogP contribution in [0.15, 0.2) is 59.6 Å². The SMILES string of the molecule is CN=C(NCC1CCOC1c1ccccc1)NC1CCCN(c2ccc(C)cc2)C1.I. The third-order valence-electron chi connectivity index (χ3n) is 6.26. The maximum atomic E-state index is 6.03. The van der Waals surface area contributed by atoms with Crippen molar-refractivity contribution >= 4 is 35.6 Å². The molecule has 0 aromatic heterocycles. The van der Waals surface area contributed by atoms with Gasteiger partial charge in [0.05, 0.1) is 6.10 Å². The molecule has 31 heavy (non-hydrogen) atoms. The number of aliphatic imine (C=N–C) groups is 1. The lowest BCUT2D eigenvalue weighted by molar-refractivity contribution is 0.0915. The van der Waals surface area contributed by atoms with E-state index in [4.69, 9.17) is 4.74 Å². The Morgan fingerprint density at radius 2 is 1.87 bits per heavy atom. The number of aryl methyl sites for hydroxylation is 1. The van der Waals surface area contributed by atoms with Crippen LogP contribution in [-0.4, -0.2) is 45.3 Å². The first-order valence-electron chi connectivity index (χ1n) is 11.2. The molecule has 2 aromatic rings. The Kier molecular flexibility index (Phi) is 9.02. The van der Waals surface area contributed by atoms with Crippen LogP contribution in [0, 0.1) is 12.8 Å². The highest BCUT2D eigenvalue weighted by Crippen LogP contribution is 2.33. The quantitative estimate of drug-likeness (QED) is 0.337. The van der Waals surface area contributed by atoms with E-state index < -0.39 is 0 Å². The molecule has 5 nitrogen and oxygen atoms in total. The second-order valence-corrected chi connectivity index (χ2v) is 8.47. The standard InChI is InChI=1S/C25H34N4O.HI/c1-19-10-12-23(13-11-19)29-15-6-9-22(18-29)28-25(26-2)27-17-21-14-16-30-24(21)20-7-4-3-5-8-20;/h3-5,7-8,10-13,21-22,24H,6,9,14-18H2,1-2H3,(H2,26,27,28);1H. The summed E-state index contributed by atoms with van der Waals surface area (Å²) in [5, 5.41) is 7.21. The van der Waals surface area contributed by atoms with Crippen LogP contribution in [0.3, 0.4) is 0 Å². The van der Waals surface area contributed by atoms with Gasteiger partial charge in [0.2, 0.25) is 0 Å². The lowest BCUT2D eigenvalue weighted by Crippen LogP contribution is -2.52. The maximum absolute atomic E-state index is 6.03. The average Bonchev–Trinajstić information content (AvgIpc) is 3.26. The molecule has 3 atom stereocenters. The summed E-state index contributed by atoms with van der Waals surface area (Å²) >= 11 is 0. The van der Waals surface area contributed by atoms with Crippen molar-refractivity contribution in [1.29, 1.82) is 0 Å². The maximum Gasteiger partial charge on any atom is 0.191 e. The molecule has 0 radical (unpaired) electrons. The Balaban J connectivity index is 0.00000272. The van der Waals surface area contributed by atoms with Gasteiger partial charge in [-0.1, -0.05) is 48.0 Å². The fraction of sp³-hybridized carbons (Fsp3) is 0.480. The van der Waals surface area contributed by atoms with Gasteiger partial charge >= 0.3 is 0 Å². The molecule has 0 aliphatic carbocycles. The van der Waals surface area contributed by atoms with Crippen molar-refractivity contribution in [3.63, 3.8) is 0 Å². The Labute approximate surface area is 203 Å². The molecule has 2 N–H and O–H groups in total. The van der Waals surface area contributed by atoms with Crippen LogP contribution in [0.25, 0.3) is 0 Å². The summed E-state index contributed by atoms with van der Waals surface area (Å²) in [6, 6.07) is 19.8. The smallest absolute Gasteiger partial charge is 0.191 e. The van der Waals surface area contributed by atoms with Crippen molar-refractivity contribution < 1.29 is 4.74 Å². The summed E-state index contributed by atoms with van der Waals surface area (Å²) < 4.78 is 6.03. The molecule has 0 amide bonds. The summed E-state index contributed by atoms with van der Waals surface area (Å²) in [7, 11) is 1.86. The van der Waals surface area contributed by atoms with E-state index in [9.17, 15) is 0 Å². The number of rotatable bonds is 5. The lowest BCUT2D eigenvalue weighted by Gasteiger charge is -2.35. The van der Waals surface area contributed by atoms with Crippen LogP contribution < -0.4 is 15.5 Å². The van der Waals surface area contributed by atoms with Gasteiger partial charge in [-0.3, -0.25) is 4.99 Å². The minimum Gasteiger partial charge on any atom is -0.373 e. The van der Waals surface area contributed by atoms with Crippen LogP contribution in [0.5, 0.6) is 0 Å². The van der Waals surface area contributed by atoms with E-state index in [0.717, 1.165) is 38.6 Å². The molecule has 2 aliphatic heterocycles. The van der Waals surface area contributed by atoms with Crippen LogP contribution in [0.2, 0.25) is 0 Å². The van der Waals surface area contributed by atoms with Gasteiger partial charge in [0.25, 0.3) is 0 Å². The molecule has 0 spiro atoms. The second kappa shape index (κ2) is 11.7. The average molecular weight is 534 g/mol. The van der Waals surface area contributed by atoms with Crippen molar-refractivity contribution in [3.8, 4) is 0 Å². The van der Waals surface area contributed by atoms with Gasteiger partial charge in [0.1, 0.15) is 0 Å². The van der Waals surface area contributed by atoms with Gasteiger partial charge in [-0.25, -0.2) is 0 Å². The molecule has 4 rings (SSSR count). The Morgan fingerprint density at radius 3 is 2.61 bits per heavy atom. The largest absolute Gasteiger partial charge is 0.373 e. The van der Waals surface area contributed by atoms with E-state index in [0.29, 0.717) is 12.0 Å². The number of benzene rings is 2. The zero-order valence-corrected chi connectivity index (χ0v) is 20.9. The van der Waals surface area contributed by atoms with Crippen LogP contribution >= 0.6 is 24.0 Å². The molecule has 2 fully saturated rings. The monoisotopic (exact) mass is 534 g/mol. The van der Waals surface area contributed by atoms with E-state index in [2.05, 4.69) is 82.0 Å². The van der Waals surface area contributed by atoms with Crippen molar-refractivity contribution in [1.82, 2.24) is 10.6 Å². The van der Waals surface area contributed by atoms with Gasteiger partial charge < -0.3 is 20.3 Å². The van der Waals surface area contributed by atoms with Gasteiger partial charge in [-0.15, -0.1) is 24.0 Å². The fourth-order valence-electron chi connectivity index (χ4n) is 4.55. The summed E-state index contributed by atoms with van der Waals surface area (Å²) in [6.07, 6.45) is 3.61. The summed E-state index contributed by atoms with van der Waals surface area (Å²) in [4.78, 5) is 6.96. The molecule has 0 saturated carbocycles. The topological polar surface area (TPSA) is 48.9 Å². The van der Waals surface area contributed by atoms with E-state index in [-0.39, 0.29) is 30.1 Å². The summed E-state index contributed by atoms with van der Waals surface area (Å²) in [5.41, 5.74) is 3.88. The number of hydrogen-bond acceptors (Lipinski definition) is 3. The molecule has 0 bridgehead atoms. The van der Waals surface area contributed by atoms with Crippen molar-refractivity contribution in [2.75, 3.05) is 38.2 Å². The number of anilines is 1. The highest BCUT2D eigenvalue weighted by Gasteiger charge is 2.30. The molecule has 2 aliphatic rings. The third-order valence-corrected chi connectivity index (χ3v) is 6.26. The molecule has 2 aromatic carbocycles. The molecular weight excluding hydrogens is 499 g/mol. The predicted octanol–water partition coefficient (Wildman–Crippen LogP) is 4.52. The highest BCUT2D eigenvalue weighted by molar-refractivity contribution is 14.0. The number of piperidine rings is 1. The molecule has 3 unspecified atom stereocenters. The number of nitrogens with one attached hydrogen (secondary N) is 2. The van der Waals surface area contributed by atoms with Crippen molar-refractivity contribution in [2.24, 2.45) is 10.9 Å². The zero-order chi connectivity index (χ0) is 20.8. The van der Waals surface area contributed by atoms with Crippen molar-refractivity contribution in [2.45, 2.75) is 38.3 Å². The normalized spacial score (nSPS) is 23.9. The molecule has 6 heteroatoms. The first-order chi connectivity index (χ1) is 14.7. The third kappa shape index (κ3) is 6.35. The van der Waals surface area contributed by atoms with Crippen molar-refractivity contribution in [3.05, 3.63) is 65.7 Å². The predicted molar refractivity (Wildman–Crippen MR) is 140 cm³/mol. The summed E-state index contributed by atoms with van der Waals surface area (Å²) in [6.45, 7) is 5.95. The Morgan fingerprint density at radius 1 is 1.10 bits per heavy atom. The first-order valence-corrected chi connectivity index (χ1v) is 11.2. The van der Waals surface area contributed by atoms with Crippen LogP contribution in [0.1, 0.15) is 36.5 Å². The molecular formula is C25H35IN4O.